The normalized spacial score (nSPS) is 17.9. The number of hydrogen-bond donors (Lipinski definition) is 2. The predicted molar refractivity (Wildman–Crippen MR) is 82.7 cm³/mol. The van der Waals surface area contributed by atoms with Crippen LogP contribution in [0.25, 0.3) is 11.0 Å². The van der Waals surface area contributed by atoms with Gasteiger partial charge in [0.15, 0.2) is 11.5 Å². The molecular weight excluding hydrogens is 266 g/mol. The van der Waals surface area contributed by atoms with Gasteiger partial charge in [0, 0.05) is 12.1 Å². The summed E-state index contributed by atoms with van der Waals surface area (Å²) in [5.74, 6) is 2.79. The third-order valence-corrected chi connectivity index (χ3v) is 4.48. The molecule has 21 heavy (non-hydrogen) atoms. The van der Waals surface area contributed by atoms with Crippen LogP contribution in [-0.4, -0.2) is 24.2 Å². The SMILES string of the molecule is COc1cc2nc(C(N)C3CCCCC3)[nH]c2cc1OC. The molecule has 1 unspecified atom stereocenters. The highest BCUT2D eigenvalue weighted by molar-refractivity contribution is 5.79. The highest BCUT2D eigenvalue weighted by Crippen LogP contribution is 2.35. The van der Waals surface area contributed by atoms with Crippen LogP contribution in [0.3, 0.4) is 0 Å². The first-order valence-corrected chi connectivity index (χ1v) is 7.60. The molecule has 1 aromatic heterocycles. The van der Waals surface area contributed by atoms with Crippen LogP contribution >= 0.6 is 0 Å². The first kappa shape index (κ1) is 14.2. The van der Waals surface area contributed by atoms with E-state index in [1.807, 2.05) is 12.1 Å². The molecule has 1 atom stereocenters. The molecule has 2 aromatic rings. The Labute approximate surface area is 124 Å². The van der Waals surface area contributed by atoms with Crippen molar-refractivity contribution < 1.29 is 9.47 Å². The van der Waals surface area contributed by atoms with E-state index in [0.717, 1.165) is 16.9 Å². The van der Waals surface area contributed by atoms with E-state index in [-0.39, 0.29) is 6.04 Å². The number of ether oxygens (including phenoxy) is 2. The van der Waals surface area contributed by atoms with Gasteiger partial charge in [0.25, 0.3) is 0 Å². The molecule has 5 heteroatoms. The first-order valence-electron chi connectivity index (χ1n) is 7.60. The van der Waals surface area contributed by atoms with E-state index in [4.69, 9.17) is 15.2 Å². The summed E-state index contributed by atoms with van der Waals surface area (Å²) in [6, 6.07) is 3.79. The minimum Gasteiger partial charge on any atom is -0.493 e. The van der Waals surface area contributed by atoms with Gasteiger partial charge in [-0.1, -0.05) is 19.3 Å². The van der Waals surface area contributed by atoms with Crippen LogP contribution in [0.5, 0.6) is 11.5 Å². The molecule has 3 rings (SSSR count). The van der Waals surface area contributed by atoms with Gasteiger partial charge in [0.2, 0.25) is 0 Å². The molecule has 114 valence electrons. The molecule has 5 nitrogen and oxygen atoms in total. The van der Waals surface area contributed by atoms with Crippen LogP contribution in [0, 0.1) is 5.92 Å². The second-order valence-corrected chi connectivity index (χ2v) is 5.77. The number of fused-ring (bicyclic) bond motifs is 1. The Balaban J connectivity index is 1.92. The zero-order chi connectivity index (χ0) is 14.8. The number of nitrogens with two attached hydrogens (primary N) is 1. The van der Waals surface area contributed by atoms with Crippen molar-refractivity contribution in [1.82, 2.24) is 9.97 Å². The molecule has 0 amide bonds. The van der Waals surface area contributed by atoms with Gasteiger partial charge in [-0.15, -0.1) is 0 Å². The molecule has 1 aliphatic carbocycles. The molecule has 1 aromatic carbocycles. The molecule has 1 saturated carbocycles. The standard InChI is InChI=1S/C16H23N3O2/c1-20-13-8-11-12(9-14(13)21-2)19-16(18-11)15(17)10-6-4-3-5-7-10/h8-10,15H,3-7,17H2,1-2H3,(H,18,19). The average Bonchev–Trinajstić information content (AvgIpc) is 2.96. The highest BCUT2D eigenvalue weighted by atomic mass is 16.5. The summed E-state index contributed by atoms with van der Waals surface area (Å²) in [7, 11) is 3.26. The number of rotatable bonds is 4. The second-order valence-electron chi connectivity index (χ2n) is 5.77. The fourth-order valence-electron chi connectivity index (χ4n) is 3.23. The quantitative estimate of drug-likeness (QED) is 0.906. The second kappa shape index (κ2) is 5.93. The molecule has 1 aliphatic rings. The van der Waals surface area contributed by atoms with Crippen molar-refractivity contribution in [1.29, 1.82) is 0 Å². The van der Waals surface area contributed by atoms with Crippen LogP contribution in [0.4, 0.5) is 0 Å². The zero-order valence-corrected chi connectivity index (χ0v) is 12.7. The van der Waals surface area contributed by atoms with E-state index >= 15 is 0 Å². The zero-order valence-electron chi connectivity index (χ0n) is 12.7. The number of H-pyrrole nitrogens is 1. The van der Waals surface area contributed by atoms with E-state index in [9.17, 15) is 0 Å². The molecular formula is C16H23N3O2. The minimum absolute atomic E-state index is 0.0188. The summed E-state index contributed by atoms with van der Waals surface area (Å²) >= 11 is 0. The van der Waals surface area contributed by atoms with Gasteiger partial charge in [-0.2, -0.15) is 0 Å². The third kappa shape index (κ3) is 2.70. The molecule has 3 N–H and O–H groups in total. The Hall–Kier alpha value is -1.75. The lowest BCUT2D eigenvalue weighted by Crippen LogP contribution is -2.24. The summed E-state index contributed by atoms with van der Waals surface area (Å²) < 4.78 is 10.6. The van der Waals surface area contributed by atoms with Crippen molar-refractivity contribution in [3.63, 3.8) is 0 Å². The fourth-order valence-corrected chi connectivity index (χ4v) is 3.23. The summed E-state index contributed by atoms with van der Waals surface area (Å²) in [6.07, 6.45) is 6.29. The van der Waals surface area contributed by atoms with Crippen molar-refractivity contribution in [2.75, 3.05) is 14.2 Å². The molecule has 0 aliphatic heterocycles. The highest BCUT2D eigenvalue weighted by Gasteiger charge is 2.24. The van der Waals surface area contributed by atoms with E-state index in [2.05, 4.69) is 9.97 Å². The van der Waals surface area contributed by atoms with E-state index in [0.29, 0.717) is 17.4 Å². The lowest BCUT2D eigenvalue weighted by molar-refractivity contribution is 0.302. The number of aromatic amines is 1. The molecule has 0 saturated heterocycles. The fraction of sp³-hybridized carbons (Fsp3) is 0.562. The lowest BCUT2D eigenvalue weighted by atomic mass is 9.84. The maximum absolute atomic E-state index is 6.42. The molecule has 1 heterocycles. The lowest BCUT2D eigenvalue weighted by Gasteiger charge is -2.26. The van der Waals surface area contributed by atoms with Crippen LogP contribution in [0.2, 0.25) is 0 Å². The number of nitrogens with one attached hydrogen (secondary N) is 1. The number of aromatic nitrogens is 2. The Morgan fingerprint density at radius 2 is 1.81 bits per heavy atom. The monoisotopic (exact) mass is 289 g/mol. The van der Waals surface area contributed by atoms with Crippen molar-refractivity contribution in [2.45, 2.75) is 38.1 Å². The summed E-state index contributed by atoms with van der Waals surface area (Å²) in [5.41, 5.74) is 8.23. The van der Waals surface area contributed by atoms with E-state index in [1.54, 1.807) is 14.2 Å². The van der Waals surface area contributed by atoms with Gasteiger partial charge in [-0.3, -0.25) is 0 Å². The predicted octanol–water partition coefficient (Wildman–Crippen LogP) is 3.16. The minimum atomic E-state index is -0.0188. The van der Waals surface area contributed by atoms with Crippen LogP contribution in [0.1, 0.15) is 44.0 Å². The van der Waals surface area contributed by atoms with Crippen LogP contribution < -0.4 is 15.2 Å². The largest absolute Gasteiger partial charge is 0.493 e. The number of methoxy groups -OCH3 is 2. The molecule has 0 bridgehead atoms. The Morgan fingerprint density at radius 3 is 2.48 bits per heavy atom. The number of benzene rings is 1. The maximum Gasteiger partial charge on any atom is 0.163 e. The Bertz CT molecular complexity index is 576. The van der Waals surface area contributed by atoms with E-state index < -0.39 is 0 Å². The van der Waals surface area contributed by atoms with Gasteiger partial charge in [-0.05, 0) is 18.8 Å². The Kier molecular flexibility index (Phi) is 4.01. The van der Waals surface area contributed by atoms with Crippen molar-refractivity contribution in [2.24, 2.45) is 11.7 Å². The van der Waals surface area contributed by atoms with Gasteiger partial charge >= 0.3 is 0 Å². The number of hydrogen-bond acceptors (Lipinski definition) is 4. The van der Waals surface area contributed by atoms with Crippen LogP contribution in [-0.2, 0) is 0 Å². The Morgan fingerprint density at radius 1 is 1.14 bits per heavy atom. The van der Waals surface area contributed by atoms with Gasteiger partial charge in [0.05, 0.1) is 31.3 Å². The molecule has 1 fully saturated rings. The summed E-state index contributed by atoms with van der Waals surface area (Å²) in [6.45, 7) is 0. The average molecular weight is 289 g/mol. The van der Waals surface area contributed by atoms with E-state index in [1.165, 1.54) is 32.1 Å². The smallest absolute Gasteiger partial charge is 0.163 e. The topological polar surface area (TPSA) is 73.2 Å². The van der Waals surface area contributed by atoms with Gasteiger partial charge in [0.1, 0.15) is 5.82 Å². The molecule has 0 spiro atoms. The maximum atomic E-state index is 6.42. The van der Waals surface area contributed by atoms with Crippen molar-refractivity contribution in [3.05, 3.63) is 18.0 Å². The summed E-state index contributed by atoms with van der Waals surface area (Å²) in [4.78, 5) is 8.00. The third-order valence-electron chi connectivity index (χ3n) is 4.48. The first-order chi connectivity index (χ1) is 10.2. The van der Waals surface area contributed by atoms with Crippen LogP contribution in [0.15, 0.2) is 12.1 Å². The van der Waals surface area contributed by atoms with Crippen molar-refractivity contribution >= 4 is 11.0 Å². The van der Waals surface area contributed by atoms with Crippen molar-refractivity contribution in [3.8, 4) is 11.5 Å². The van der Waals surface area contributed by atoms with Gasteiger partial charge in [-0.25, -0.2) is 4.98 Å². The van der Waals surface area contributed by atoms with Gasteiger partial charge < -0.3 is 20.2 Å². The molecule has 0 radical (unpaired) electrons. The summed E-state index contributed by atoms with van der Waals surface area (Å²) in [5, 5.41) is 0. The number of nitrogens with zero attached hydrogens (tertiary/aromatic N) is 1. The number of imidazole rings is 1.